The van der Waals surface area contributed by atoms with Crippen molar-refractivity contribution in [1.82, 2.24) is 0 Å². The van der Waals surface area contributed by atoms with Gasteiger partial charge in [-0.25, -0.2) is 0 Å². The van der Waals surface area contributed by atoms with Crippen LogP contribution in [0.2, 0.25) is 13.1 Å². The number of hydrogen-bond acceptors (Lipinski definition) is 0. The molecule has 0 fully saturated rings. The average molecular weight is 1020 g/mol. The summed E-state index contributed by atoms with van der Waals surface area (Å²) in [6.45, 7) is 41.4. The van der Waals surface area contributed by atoms with Crippen molar-refractivity contribution in [3.63, 3.8) is 0 Å². The van der Waals surface area contributed by atoms with Crippen LogP contribution >= 0.6 is 17.0 Å². The molecule has 0 saturated heterocycles. The quantitative estimate of drug-likeness (QED) is 0.0846. The first-order chi connectivity index (χ1) is 30.9. The number of benzene rings is 4. The number of hydrogen-bond donors (Lipinski definition) is 0. The third kappa shape index (κ3) is 16.5. The van der Waals surface area contributed by atoms with Crippen molar-refractivity contribution in [1.29, 1.82) is 0 Å². The van der Waals surface area contributed by atoms with Crippen molar-refractivity contribution in [2.24, 2.45) is 0 Å². The number of halogens is 2. The topological polar surface area (TPSA) is 0 Å². The molecule has 2 radical (unpaired) electrons. The number of fused-ring (bicyclic) bond motifs is 2. The maximum atomic E-state index is 4.93. The van der Waals surface area contributed by atoms with E-state index in [-0.39, 0.29) is 21.7 Å². The molecule has 0 unspecified atom stereocenters. The van der Waals surface area contributed by atoms with Gasteiger partial charge in [-0.05, 0) is 80.7 Å². The van der Waals surface area contributed by atoms with Gasteiger partial charge < -0.3 is 0 Å². The van der Waals surface area contributed by atoms with E-state index in [1.807, 2.05) is 0 Å². The molecule has 0 spiro atoms. The van der Waals surface area contributed by atoms with Crippen LogP contribution in [0.25, 0.3) is 43.8 Å². The minimum absolute atomic E-state index is 0.132. The Kier molecular flexibility index (Phi) is 23.0. The Hall–Kier alpha value is -2.22. The third-order valence-corrected chi connectivity index (χ3v) is 12.7. The van der Waals surface area contributed by atoms with Gasteiger partial charge in [-0.3, -0.25) is 0 Å². The van der Waals surface area contributed by atoms with Crippen LogP contribution in [0.15, 0.2) is 84.9 Å². The molecule has 0 aliphatic carbocycles. The fraction of sp³-hybridized carbons (Fsp3) is 0.516. The van der Waals surface area contributed by atoms with E-state index in [2.05, 4.69) is 209 Å². The van der Waals surface area contributed by atoms with Crippen LogP contribution in [-0.2, 0) is 68.2 Å². The molecule has 4 heteroatoms. The molecule has 0 N–H and O–H groups in total. The van der Waals surface area contributed by atoms with Gasteiger partial charge in [-0.1, -0.05) is 221 Å². The predicted molar refractivity (Wildman–Crippen MR) is 299 cm³/mol. The minimum atomic E-state index is -0.826. The second-order valence-corrected chi connectivity index (χ2v) is 27.5. The van der Waals surface area contributed by atoms with E-state index in [4.69, 9.17) is 17.0 Å². The summed E-state index contributed by atoms with van der Waals surface area (Å²) in [5, 5.41) is 5.68. The normalized spacial score (nSPS) is 11.9. The molecular formula is C62H88Cl2SiZr. The molecule has 0 bridgehead atoms. The van der Waals surface area contributed by atoms with E-state index in [1.165, 1.54) is 140 Å². The van der Waals surface area contributed by atoms with E-state index in [0.29, 0.717) is 0 Å². The van der Waals surface area contributed by atoms with Gasteiger partial charge in [0.25, 0.3) is 0 Å². The van der Waals surface area contributed by atoms with Crippen LogP contribution in [0, 0.1) is 0 Å². The molecule has 6 aromatic rings. The van der Waals surface area contributed by atoms with Gasteiger partial charge in [0.15, 0.2) is 0 Å². The Labute approximate surface area is 427 Å². The van der Waals surface area contributed by atoms with Crippen molar-refractivity contribution >= 4 is 48.1 Å². The van der Waals surface area contributed by atoms with Gasteiger partial charge in [0.1, 0.15) is 0 Å². The molecule has 66 heavy (non-hydrogen) atoms. The van der Waals surface area contributed by atoms with E-state index in [0.717, 1.165) is 22.4 Å². The van der Waals surface area contributed by atoms with Crippen molar-refractivity contribution in [2.75, 3.05) is 0 Å². The van der Waals surface area contributed by atoms with Gasteiger partial charge in [-0.2, -0.15) is 12.1 Å². The zero-order valence-corrected chi connectivity index (χ0v) is 49.9. The Bertz CT molecular complexity index is 2160. The van der Waals surface area contributed by atoms with E-state index < -0.39 is 20.8 Å². The first-order valence-electron chi connectivity index (χ1n) is 25.2. The van der Waals surface area contributed by atoms with Crippen molar-refractivity contribution in [3.05, 3.63) is 129 Å². The zero-order chi connectivity index (χ0) is 49.6. The molecule has 0 saturated carbocycles. The average Bonchev–Trinajstić information content (AvgIpc) is 3.85. The van der Waals surface area contributed by atoms with Gasteiger partial charge in [0.05, 0.1) is 0 Å². The van der Waals surface area contributed by atoms with Crippen LogP contribution in [-0.4, -0.2) is 9.52 Å². The number of rotatable bonds is 12. The molecule has 6 aromatic carbocycles. The molecule has 0 amide bonds. The molecule has 0 aliphatic rings. The van der Waals surface area contributed by atoms with Gasteiger partial charge >= 0.3 is 37.9 Å². The molecular weight excluding hydrogens is 935 g/mol. The summed E-state index contributed by atoms with van der Waals surface area (Å²) in [5.41, 5.74) is 17.9. The van der Waals surface area contributed by atoms with Gasteiger partial charge in [-0.15, -0.1) is 69.1 Å². The first kappa shape index (κ1) is 58.1. The summed E-state index contributed by atoms with van der Waals surface area (Å²) >= 11 is -0.826. The van der Waals surface area contributed by atoms with Gasteiger partial charge in [0.2, 0.25) is 0 Å². The van der Waals surface area contributed by atoms with Crippen LogP contribution in [0.3, 0.4) is 0 Å². The molecule has 0 aromatic heterocycles. The Balaban J connectivity index is 0.000000313. The fourth-order valence-corrected chi connectivity index (χ4v) is 8.74. The summed E-state index contributed by atoms with van der Waals surface area (Å²) in [4.78, 5) is 0. The summed E-state index contributed by atoms with van der Waals surface area (Å²) in [6.07, 6.45) is 12.0. The number of aryl methyl sites for hydroxylation is 4. The second kappa shape index (κ2) is 26.1. The maximum absolute atomic E-state index is 4.93. The third-order valence-electron chi connectivity index (χ3n) is 12.7. The van der Waals surface area contributed by atoms with E-state index in [9.17, 15) is 0 Å². The van der Waals surface area contributed by atoms with E-state index >= 15 is 0 Å². The first-order valence-corrected chi connectivity index (χ1v) is 33.5. The SMILES string of the molecule is CCCCc1cc2c(-c3cc(C(C)(C)C)cc(C(C)(C)C)c3)c(CCC)ccc2[cH-]1.CCCCc1cc2c(-c3cc(C(C)(C)C)cc(C(C)(C)C)c3)c(CCC)ccc2[cH-]1.C[Si]C.[Cl][Zr+2][Cl]. The summed E-state index contributed by atoms with van der Waals surface area (Å²) in [5.74, 6) is 0. The Morgan fingerprint density at radius 2 is 0.727 bits per heavy atom. The van der Waals surface area contributed by atoms with Crippen LogP contribution in [0.1, 0.15) is 194 Å². The van der Waals surface area contributed by atoms with Crippen molar-refractivity contribution < 1.29 is 20.8 Å². The van der Waals surface area contributed by atoms with Crippen molar-refractivity contribution in [3.8, 4) is 22.3 Å². The summed E-state index contributed by atoms with van der Waals surface area (Å²) < 4.78 is 0. The molecule has 0 heterocycles. The molecule has 6 rings (SSSR count). The molecule has 0 nitrogen and oxygen atoms in total. The summed E-state index contributed by atoms with van der Waals surface area (Å²) in [6, 6.07) is 33.9. The zero-order valence-electron chi connectivity index (χ0n) is 44.9. The van der Waals surface area contributed by atoms with Crippen LogP contribution in [0.5, 0.6) is 0 Å². The van der Waals surface area contributed by atoms with Crippen molar-refractivity contribution in [2.45, 2.75) is 210 Å². The fourth-order valence-electron chi connectivity index (χ4n) is 8.74. The van der Waals surface area contributed by atoms with Crippen LogP contribution < -0.4 is 0 Å². The Morgan fingerprint density at radius 3 is 0.970 bits per heavy atom. The monoisotopic (exact) mass is 1020 g/mol. The standard InChI is InChI=1S/2C30H41.C2H6Si.2ClH.Zr/c2*1-9-11-13-21-16-23-15-14-22(12-10-2)28(27(23)17-21)24-18-25(29(3,4)5)20-26(19-24)30(6,7)8;1-3-2;;;/h2*14-20H,9-13H2,1-8H3;1-2H3;2*1H;/q2*-1;;;;+4/p-2. The molecule has 0 aliphatic heterocycles. The Morgan fingerprint density at radius 1 is 0.439 bits per heavy atom. The predicted octanol–water partition coefficient (Wildman–Crippen LogP) is 20.4. The van der Waals surface area contributed by atoms with Crippen LogP contribution in [0.4, 0.5) is 0 Å². The van der Waals surface area contributed by atoms with Gasteiger partial charge in [0, 0.05) is 9.52 Å². The van der Waals surface area contributed by atoms with E-state index in [1.54, 1.807) is 0 Å². The number of unbranched alkanes of at least 4 members (excludes halogenated alkanes) is 2. The molecule has 358 valence electrons. The molecule has 0 atom stereocenters. The second-order valence-electron chi connectivity index (χ2n) is 22.8. The summed E-state index contributed by atoms with van der Waals surface area (Å²) in [7, 11) is 11.0.